The molecule has 0 fully saturated rings. The number of carbonyl (C=O) groups is 1. The van der Waals surface area contributed by atoms with E-state index in [0.717, 1.165) is 3.57 Å². The maximum absolute atomic E-state index is 12.1. The second-order valence-corrected chi connectivity index (χ2v) is 7.81. The van der Waals surface area contributed by atoms with Crippen LogP contribution in [0, 0.1) is 13.7 Å². The third-order valence-corrected chi connectivity index (χ3v) is 5.24. The standard InChI is InChI=1S/C21H16ClIN4O5/c1-31-18-10-14(11-25-26-21(28)16-6-3-7-24-20(16)22)9-17(23)19(18)32-12-13-4-2-5-15(8-13)27(29)30/h2-11H,12H2,1H3,(H,26,28). The summed E-state index contributed by atoms with van der Waals surface area (Å²) < 4.78 is 12.0. The molecule has 2 aromatic carbocycles. The summed E-state index contributed by atoms with van der Waals surface area (Å²) in [4.78, 5) is 26.5. The number of hydrazone groups is 1. The highest BCUT2D eigenvalue weighted by Gasteiger charge is 2.13. The highest BCUT2D eigenvalue weighted by Crippen LogP contribution is 2.34. The summed E-state index contributed by atoms with van der Waals surface area (Å²) in [6.45, 7) is 0.128. The fraction of sp³-hybridized carbons (Fsp3) is 0.0952. The van der Waals surface area contributed by atoms with Gasteiger partial charge in [-0.25, -0.2) is 10.4 Å². The number of ether oxygens (including phenoxy) is 2. The van der Waals surface area contributed by atoms with Crippen LogP contribution >= 0.6 is 34.2 Å². The molecule has 0 aliphatic heterocycles. The predicted molar refractivity (Wildman–Crippen MR) is 127 cm³/mol. The van der Waals surface area contributed by atoms with Crippen molar-refractivity contribution in [1.29, 1.82) is 0 Å². The zero-order valence-electron chi connectivity index (χ0n) is 16.6. The number of methoxy groups -OCH3 is 1. The van der Waals surface area contributed by atoms with Crippen LogP contribution in [0.2, 0.25) is 5.15 Å². The number of halogens is 2. The maximum Gasteiger partial charge on any atom is 0.274 e. The molecule has 1 heterocycles. The van der Waals surface area contributed by atoms with E-state index in [4.69, 9.17) is 21.1 Å². The smallest absolute Gasteiger partial charge is 0.274 e. The van der Waals surface area contributed by atoms with Gasteiger partial charge in [-0.2, -0.15) is 5.10 Å². The molecule has 32 heavy (non-hydrogen) atoms. The number of carbonyl (C=O) groups excluding carboxylic acids is 1. The van der Waals surface area contributed by atoms with E-state index in [1.807, 2.05) is 0 Å². The summed E-state index contributed by atoms with van der Waals surface area (Å²) in [5, 5.41) is 15.0. The highest BCUT2D eigenvalue weighted by molar-refractivity contribution is 14.1. The minimum atomic E-state index is -0.488. The van der Waals surface area contributed by atoms with Crippen LogP contribution < -0.4 is 14.9 Å². The first-order valence-corrected chi connectivity index (χ1v) is 10.5. The summed E-state index contributed by atoms with van der Waals surface area (Å²) in [6.07, 6.45) is 2.94. The van der Waals surface area contributed by atoms with Crippen LogP contribution in [0.4, 0.5) is 5.69 Å². The zero-order valence-corrected chi connectivity index (χ0v) is 19.5. The van der Waals surface area contributed by atoms with E-state index >= 15 is 0 Å². The average molecular weight is 567 g/mol. The number of pyridine rings is 1. The van der Waals surface area contributed by atoms with Crippen LogP contribution in [0.1, 0.15) is 21.5 Å². The second kappa shape index (κ2) is 10.9. The van der Waals surface area contributed by atoms with Crippen LogP contribution in [0.25, 0.3) is 0 Å². The number of non-ortho nitro benzene ring substituents is 1. The number of hydrogen-bond donors (Lipinski definition) is 1. The number of nitro groups is 1. The van der Waals surface area contributed by atoms with Gasteiger partial charge in [-0.3, -0.25) is 14.9 Å². The van der Waals surface area contributed by atoms with E-state index in [9.17, 15) is 14.9 Å². The molecule has 0 unspecified atom stereocenters. The second-order valence-electron chi connectivity index (χ2n) is 6.29. The van der Waals surface area contributed by atoms with Crippen molar-refractivity contribution in [2.24, 2.45) is 5.10 Å². The van der Waals surface area contributed by atoms with Gasteiger partial charge in [0.05, 0.1) is 27.4 Å². The average Bonchev–Trinajstić information content (AvgIpc) is 2.78. The van der Waals surface area contributed by atoms with Crippen molar-refractivity contribution in [3.05, 3.63) is 90.3 Å². The van der Waals surface area contributed by atoms with Crippen LogP contribution in [-0.2, 0) is 6.61 Å². The fourth-order valence-corrected chi connectivity index (χ4v) is 3.64. The Balaban J connectivity index is 1.71. The summed E-state index contributed by atoms with van der Waals surface area (Å²) in [5.41, 5.74) is 3.91. The number of benzene rings is 2. The molecule has 164 valence electrons. The summed E-state index contributed by atoms with van der Waals surface area (Å²) in [6, 6.07) is 12.8. The van der Waals surface area contributed by atoms with E-state index in [1.165, 1.54) is 31.7 Å². The number of rotatable bonds is 8. The van der Waals surface area contributed by atoms with Gasteiger partial charge in [0.25, 0.3) is 11.6 Å². The van der Waals surface area contributed by atoms with Gasteiger partial charge in [0.1, 0.15) is 11.8 Å². The Bertz CT molecular complexity index is 1190. The number of nitrogens with one attached hydrogen (secondary N) is 1. The van der Waals surface area contributed by atoms with Gasteiger partial charge >= 0.3 is 0 Å². The van der Waals surface area contributed by atoms with Crippen molar-refractivity contribution in [2.45, 2.75) is 6.61 Å². The van der Waals surface area contributed by atoms with E-state index in [1.54, 1.807) is 36.4 Å². The number of amides is 1. The van der Waals surface area contributed by atoms with Gasteiger partial charge in [-0.05, 0) is 58.0 Å². The molecular weight excluding hydrogens is 551 g/mol. The number of nitro benzene ring substituents is 1. The number of nitrogens with zero attached hydrogens (tertiary/aromatic N) is 3. The molecule has 0 radical (unpaired) electrons. The van der Waals surface area contributed by atoms with Gasteiger partial charge in [0.2, 0.25) is 0 Å². The number of aromatic nitrogens is 1. The molecule has 0 bridgehead atoms. The summed E-state index contributed by atoms with van der Waals surface area (Å²) in [7, 11) is 1.50. The van der Waals surface area contributed by atoms with Crippen molar-refractivity contribution in [2.75, 3.05) is 7.11 Å². The summed E-state index contributed by atoms with van der Waals surface area (Å²) >= 11 is 7.99. The van der Waals surface area contributed by atoms with Gasteiger partial charge in [-0.15, -0.1) is 0 Å². The highest BCUT2D eigenvalue weighted by atomic mass is 127. The Morgan fingerprint density at radius 2 is 2.12 bits per heavy atom. The Morgan fingerprint density at radius 1 is 1.31 bits per heavy atom. The minimum Gasteiger partial charge on any atom is -0.493 e. The van der Waals surface area contributed by atoms with Gasteiger partial charge in [0.15, 0.2) is 11.5 Å². The van der Waals surface area contributed by atoms with Crippen molar-refractivity contribution in [1.82, 2.24) is 10.4 Å². The molecule has 0 saturated carbocycles. The van der Waals surface area contributed by atoms with Crippen LogP contribution in [0.15, 0.2) is 59.8 Å². The van der Waals surface area contributed by atoms with E-state index < -0.39 is 10.8 Å². The van der Waals surface area contributed by atoms with Crippen LogP contribution in [0.5, 0.6) is 11.5 Å². The molecule has 0 aliphatic rings. The Kier molecular flexibility index (Phi) is 7.95. The molecule has 1 amide bonds. The Hall–Kier alpha value is -3.25. The fourth-order valence-electron chi connectivity index (χ4n) is 2.65. The molecule has 1 N–H and O–H groups in total. The molecule has 3 aromatic rings. The third-order valence-electron chi connectivity index (χ3n) is 4.14. The predicted octanol–water partition coefficient (Wildman–Crippen LogP) is 4.60. The quantitative estimate of drug-likeness (QED) is 0.140. The maximum atomic E-state index is 12.1. The monoisotopic (exact) mass is 566 g/mol. The first kappa shape index (κ1) is 23.4. The van der Waals surface area contributed by atoms with Gasteiger partial charge < -0.3 is 9.47 Å². The molecule has 9 nitrogen and oxygen atoms in total. The van der Waals surface area contributed by atoms with Crippen molar-refractivity contribution < 1.29 is 19.2 Å². The van der Waals surface area contributed by atoms with E-state index in [-0.39, 0.29) is 23.0 Å². The van der Waals surface area contributed by atoms with Crippen LogP contribution in [0.3, 0.4) is 0 Å². The van der Waals surface area contributed by atoms with Crippen molar-refractivity contribution in [3.8, 4) is 11.5 Å². The molecule has 0 spiro atoms. The summed E-state index contributed by atoms with van der Waals surface area (Å²) in [5.74, 6) is 0.450. The zero-order chi connectivity index (χ0) is 23.1. The Labute approximate surface area is 201 Å². The van der Waals surface area contributed by atoms with E-state index in [0.29, 0.717) is 22.6 Å². The topological polar surface area (TPSA) is 116 Å². The molecule has 1 aromatic heterocycles. The molecule has 0 saturated heterocycles. The van der Waals surface area contributed by atoms with E-state index in [2.05, 4.69) is 38.1 Å². The van der Waals surface area contributed by atoms with Crippen LogP contribution in [-0.4, -0.2) is 29.1 Å². The first-order chi connectivity index (χ1) is 15.4. The lowest BCUT2D eigenvalue weighted by Crippen LogP contribution is -2.18. The lowest BCUT2D eigenvalue weighted by molar-refractivity contribution is -0.384. The van der Waals surface area contributed by atoms with Gasteiger partial charge in [-0.1, -0.05) is 23.7 Å². The lowest BCUT2D eigenvalue weighted by Gasteiger charge is -2.13. The lowest BCUT2D eigenvalue weighted by atomic mass is 10.2. The molecule has 11 heteroatoms. The third kappa shape index (κ3) is 5.92. The van der Waals surface area contributed by atoms with Crippen molar-refractivity contribution >= 4 is 52.0 Å². The van der Waals surface area contributed by atoms with Gasteiger partial charge in [0, 0.05) is 18.3 Å². The first-order valence-electron chi connectivity index (χ1n) is 9.06. The number of hydrogen-bond acceptors (Lipinski definition) is 7. The van der Waals surface area contributed by atoms with Crippen molar-refractivity contribution in [3.63, 3.8) is 0 Å². The molecule has 0 atom stereocenters. The minimum absolute atomic E-state index is 0.00561. The molecule has 3 rings (SSSR count). The molecular formula is C21H16ClIN4O5. The largest absolute Gasteiger partial charge is 0.493 e. The molecule has 0 aliphatic carbocycles. The normalized spacial score (nSPS) is 10.7. The Morgan fingerprint density at radius 3 is 2.84 bits per heavy atom. The SMILES string of the molecule is COc1cc(C=NNC(=O)c2cccnc2Cl)cc(I)c1OCc1cccc([N+](=O)[O-])c1.